The molecule has 1 saturated heterocycles. The van der Waals surface area contributed by atoms with Crippen LogP contribution in [0.3, 0.4) is 0 Å². The zero-order valence-electron chi connectivity index (χ0n) is 11.8. The summed E-state index contributed by atoms with van der Waals surface area (Å²) >= 11 is 3.46. The zero-order chi connectivity index (χ0) is 14.0. The van der Waals surface area contributed by atoms with Crippen molar-refractivity contribution in [2.75, 3.05) is 31.1 Å². The van der Waals surface area contributed by atoms with Crippen LogP contribution in [0.15, 0.2) is 22.7 Å². The minimum Gasteiger partial charge on any atom is -0.368 e. The summed E-state index contributed by atoms with van der Waals surface area (Å²) in [6.45, 7) is 10.8. The first-order valence-electron chi connectivity index (χ1n) is 6.62. The lowest BCUT2D eigenvalue weighted by molar-refractivity contribution is 0.128. The van der Waals surface area contributed by atoms with Crippen LogP contribution in [0.25, 0.3) is 0 Å². The van der Waals surface area contributed by atoms with Gasteiger partial charge in [-0.3, -0.25) is 4.90 Å². The van der Waals surface area contributed by atoms with Gasteiger partial charge in [0.05, 0.1) is 11.3 Å². The van der Waals surface area contributed by atoms with Crippen molar-refractivity contribution >= 4 is 21.6 Å². The Kier molecular flexibility index (Phi) is 4.17. The molecule has 0 saturated carbocycles. The maximum atomic E-state index is 9.29. The first kappa shape index (κ1) is 14.4. The second-order valence-electron chi connectivity index (χ2n) is 5.89. The van der Waals surface area contributed by atoms with E-state index < -0.39 is 0 Å². The fraction of sp³-hybridized carbons (Fsp3) is 0.533. The molecule has 0 unspecified atom stereocenters. The molecular weight excluding hydrogens is 302 g/mol. The van der Waals surface area contributed by atoms with E-state index in [1.807, 2.05) is 18.2 Å². The normalized spacial score (nSPS) is 17.3. The summed E-state index contributed by atoms with van der Waals surface area (Å²) in [4.78, 5) is 4.80. The molecule has 0 amide bonds. The number of nitrogens with zero attached hydrogens (tertiary/aromatic N) is 3. The van der Waals surface area contributed by atoms with Crippen LogP contribution >= 0.6 is 15.9 Å². The molecule has 0 N–H and O–H groups in total. The Morgan fingerprint density at radius 3 is 2.32 bits per heavy atom. The van der Waals surface area contributed by atoms with E-state index in [1.54, 1.807) is 0 Å². The lowest BCUT2D eigenvalue weighted by Gasteiger charge is -2.43. The standard InChI is InChI=1S/C15H20BrN3/c1-15(2,3)19-9-7-18(8-10-19)14-6-4-5-13(16)12(14)11-17/h4-6H,7-10H2,1-3H3. The van der Waals surface area contributed by atoms with Crippen molar-refractivity contribution in [1.82, 2.24) is 4.90 Å². The molecule has 1 aromatic carbocycles. The van der Waals surface area contributed by atoms with E-state index in [9.17, 15) is 5.26 Å². The summed E-state index contributed by atoms with van der Waals surface area (Å²) in [5.41, 5.74) is 2.01. The molecule has 1 aromatic rings. The van der Waals surface area contributed by atoms with E-state index in [1.165, 1.54) is 0 Å². The predicted octanol–water partition coefficient (Wildman–Crippen LogP) is 3.24. The Morgan fingerprint density at radius 1 is 1.16 bits per heavy atom. The van der Waals surface area contributed by atoms with Gasteiger partial charge in [-0.1, -0.05) is 6.07 Å². The Morgan fingerprint density at radius 2 is 1.79 bits per heavy atom. The number of benzene rings is 1. The molecule has 0 aliphatic carbocycles. The number of anilines is 1. The van der Waals surface area contributed by atoms with Crippen molar-refractivity contribution in [3.05, 3.63) is 28.2 Å². The van der Waals surface area contributed by atoms with Gasteiger partial charge in [-0.25, -0.2) is 0 Å². The summed E-state index contributed by atoms with van der Waals surface area (Å²) in [7, 11) is 0. The van der Waals surface area contributed by atoms with Gasteiger partial charge in [0.25, 0.3) is 0 Å². The topological polar surface area (TPSA) is 30.3 Å². The largest absolute Gasteiger partial charge is 0.368 e. The number of nitriles is 1. The Labute approximate surface area is 123 Å². The highest BCUT2D eigenvalue weighted by Gasteiger charge is 2.26. The van der Waals surface area contributed by atoms with Crippen LogP contribution in [0, 0.1) is 11.3 Å². The highest BCUT2D eigenvalue weighted by atomic mass is 79.9. The highest BCUT2D eigenvalue weighted by molar-refractivity contribution is 9.10. The molecule has 19 heavy (non-hydrogen) atoms. The molecule has 0 aromatic heterocycles. The van der Waals surface area contributed by atoms with Crippen LogP contribution in [0.4, 0.5) is 5.69 Å². The Hall–Kier alpha value is -1.05. The van der Waals surface area contributed by atoms with Crippen molar-refractivity contribution in [2.45, 2.75) is 26.3 Å². The van der Waals surface area contributed by atoms with Gasteiger partial charge in [0.15, 0.2) is 0 Å². The van der Waals surface area contributed by atoms with Crippen molar-refractivity contribution in [3.8, 4) is 6.07 Å². The summed E-state index contributed by atoms with van der Waals surface area (Å²) in [5.74, 6) is 0. The lowest BCUT2D eigenvalue weighted by atomic mass is 10.0. The smallest absolute Gasteiger partial charge is 0.103 e. The molecule has 0 radical (unpaired) electrons. The van der Waals surface area contributed by atoms with Gasteiger partial charge in [0.2, 0.25) is 0 Å². The van der Waals surface area contributed by atoms with Crippen LogP contribution < -0.4 is 4.90 Å². The molecule has 102 valence electrons. The molecule has 2 rings (SSSR count). The van der Waals surface area contributed by atoms with E-state index in [2.05, 4.69) is 52.6 Å². The molecule has 4 heteroatoms. The number of piperazine rings is 1. The van der Waals surface area contributed by atoms with Crippen molar-refractivity contribution in [2.24, 2.45) is 0 Å². The van der Waals surface area contributed by atoms with Crippen LogP contribution in [-0.2, 0) is 0 Å². The van der Waals surface area contributed by atoms with Crippen molar-refractivity contribution < 1.29 is 0 Å². The molecule has 1 aliphatic heterocycles. The number of hydrogen-bond acceptors (Lipinski definition) is 3. The van der Waals surface area contributed by atoms with Crippen LogP contribution in [0.5, 0.6) is 0 Å². The summed E-state index contributed by atoms with van der Waals surface area (Å²) in [5, 5.41) is 9.29. The molecule has 1 aliphatic rings. The highest BCUT2D eigenvalue weighted by Crippen LogP contribution is 2.28. The number of hydrogen-bond donors (Lipinski definition) is 0. The summed E-state index contributed by atoms with van der Waals surface area (Å²) < 4.78 is 0.880. The molecule has 1 fully saturated rings. The van der Waals surface area contributed by atoms with E-state index in [-0.39, 0.29) is 5.54 Å². The Balaban J connectivity index is 2.15. The SMILES string of the molecule is CC(C)(C)N1CCN(c2cccc(Br)c2C#N)CC1. The molecule has 0 atom stereocenters. The quantitative estimate of drug-likeness (QED) is 0.795. The fourth-order valence-electron chi connectivity index (χ4n) is 2.51. The van der Waals surface area contributed by atoms with Gasteiger partial charge >= 0.3 is 0 Å². The van der Waals surface area contributed by atoms with Crippen molar-refractivity contribution in [3.63, 3.8) is 0 Å². The average molecular weight is 322 g/mol. The average Bonchev–Trinajstić information content (AvgIpc) is 2.37. The second-order valence-corrected chi connectivity index (χ2v) is 6.75. The van der Waals surface area contributed by atoms with Gasteiger partial charge in [0, 0.05) is 36.2 Å². The van der Waals surface area contributed by atoms with E-state index >= 15 is 0 Å². The fourth-order valence-corrected chi connectivity index (χ4v) is 2.95. The molecule has 0 spiro atoms. The maximum Gasteiger partial charge on any atom is 0.103 e. The van der Waals surface area contributed by atoms with Gasteiger partial charge in [-0.15, -0.1) is 0 Å². The Bertz CT molecular complexity index is 491. The third-order valence-corrected chi connectivity index (χ3v) is 4.33. The van der Waals surface area contributed by atoms with Gasteiger partial charge < -0.3 is 4.90 Å². The van der Waals surface area contributed by atoms with Crippen LogP contribution in [0.1, 0.15) is 26.3 Å². The van der Waals surface area contributed by atoms with E-state index in [4.69, 9.17) is 0 Å². The number of rotatable bonds is 1. The third-order valence-electron chi connectivity index (χ3n) is 3.67. The molecule has 0 bridgehead atoms. The van der Waals surface area contributed by atoms with Gasteiger partial charge in [-0.05, 0) is 48.8 Å². The predicted molar refractivity (Wildman–Crippen MR) is 82.4 cm³/mol. The summed E-state index contributed by atoms with van der Waals surface area (Å²) in [6.07, 6.45) is 0. The minimum atomic E-state index is 0.224. The zero-order valence-corrected chi connectivity index (χ0v) is 13.4. The third kappa shape index (κ3) is 3.10. The molecule has 3 nitrogen and oxygen atoms in total. The molecule has 1 heterocycles. The lowest BCUT2D eigenvalue weighted by Crippen LogP contribution is -2.53. The van der Waals surface area contributed by atoms with Gasteiger partial charge in [-0.2, -0.15) is 5.26 Å². The van der Waals surface area contributed by atoms with E-state index in [0.717, 1.165) is 41.9 Å². The van der Waals surface area contributed by atoms with Crippen LogP contribution in [0.2, 0.25) is 0 Å². The maximum absolute atomic E-state index is 9.29. The molecular formula is C15H20BrN3. The van der Waals surface area contributed by atoms with Crippen molar-refractivity contribution in [1.29, 1.82) is 5.26 Å². The first-order chi connectivity index (χ1) is 8.93. The summed E-state index contributed by atoms with van der Waals surface area (Å²) in [6, 6.07) is 8.26. The minimum absolute atomic E-state index is 0.224. The van der Waals surface area contributed by atoms with Crippen LogP contribution in [-0.4, -0.2) is 36.6 Å². The first-order valence-corrected chi connectivity index (χ1v) is 7.41. The monoisotopic (exact) mass is 321 g/mol. The van der Waals surface area contributed by atoms with E-state index in [0.29, 0.717) is 0 Å². The number of halogens is 1. The second kappa shape index (κ2) is 5.52. The van der Waals surface area contributed by atoms with Gasteiger partial charge in [0.1, 0.15) is 6.07 Å².